The first-order chi connectivity index (χ1) is 19.2. The van der Waals surface area contributed by atoms with Crippen LogP contribution in [-0.4, -0.2) is 48.3 Å². The highest BCUT2D eigenvalue weighted by Gasteiger charge is 2.35. The molecule has 1 heterocycles. The minimum Gasteiger partial charge on any atom is -0.492 e. The van der Waals surface area contributed by atoms with Gasteiger partial charge in [-0.3, -0.25) is 19.3 Å². The fourth-order valence-corrected chi connectivity index (χ4v) is 5.51. The Balaban J connectivity index is 1.41. The quantitative estimate of drug-likeness (QED) is 0.185. The third-order valence-electron chi connectivity index (χ3n) is 5.76. The summed E-state index contributed by atoms with van der Waals surface area (Å²) in [5, 5.41) is 2.48. The SMILES string of the molecule is CCOc1cc(/C=C2\SC(=O)N(CCOc3ccc(C)cc3)C2=O)cc(I)c1OCC(=O)Nc1cccc(C)c1. The standard InChI is InChI=1S/C30H29IN2O6S/c1-4-37-25-16-21(15-24(31)28(25)39-18-27(34)32-22-7-5-6-20(3)14-22)17-26-29(35)33(30(36)40-26)12-13-38-23-10-8-19(2)9-11-23/h5-11,14-17H,4,12-13,18H2,1-3H3,(H,32,34)/b26-17-. The molecule has 0 aromatic heterocycles. The summed E-state index contributed by atoms with van der Waals surface area (Å²) < 4.78 is 18.0. The van der Waals surface area contributed by atoms with Crippen LogP contribution in [0.2, 0.25) is 0 Å². The summed E-state index contributed by atoms with van der Waals surface area (Å²) in [5.74, 6) is 0.882. The molecule has 8 nitrogen and oxygen atoms in total. The Bertz CT molecular complexity index is 1440. The van der Waals surface area contributed by atoms with Crippen LogP contribution in [0, 0.1) is 17.4 Å². The van der Waals surface area contributed by atoms with Gasteiger partial charge in [0.15, 0.2) is 18.1 Å². The first kappa shape index (κ1) is 29.5. The van der Waals surface area contributed by atoms with E-state index in [1.54, 1.807) is 12.1 Å². The Morgan fingerprint density at radius 3 is 2.50 bits per heavy atom. The molecule has 0 spiro atoms. The van der Waals surface area contributed by atoms with Gasteiger partial charge in [-0.15, -0.1) is 0 Å². The van der Waals surface area contributed by atoms with E-state index >= 15 is 0 Å². The number of carbonyl (C=O) groups is 3. The molecule has 1 saturated heterocycles. The number of anilines is 1. The Labute approximate surface area is 251 Å². The summed E-state index contributed by atoms with van der Waals surface area (Å²) in [6.07, 6.45) is 1.66. The molecule has 1 aliphatic rings. The Hall–Kier alpha value is -3.51. The van der Waals surface area contributed by atoms with E-state index < -0.39 is 0 Å². The van der Waals surface area contributed by atoms with E-state index in [4.69, 9.17) is 14.2 Å². The van der Waals surface area contributed by atoms with Crippen molar-refractivity contribution in [3.63, 3.8) is 0 Å². The van der Waals surface area contributed by atoms with Crippen molar-refractivity contribution < 1.29 is 28.6 Å². The average molecular weight is 673 g/mol. The number of nitrogens with one attached hydrogen (secondary N) is 1. The summed E-state index contributed by atoms with van der Waals surface area (Å²) in [6, 6.07) is 18.6. The highest BCUT2D eigenvalue weighted by Crippen LogP contribution is 2.37. The van der Waals surface area contributed by atoms with Crippen LogP contribution in [-0.2, 0) is 9.59 Å². The van der Waals surface area contributed by atoms with Crippen LogP contribution in [0.1, 0.15) is 23.6 Å². The molecule has 1 aliphatic heterocycles. The molecule has 1 N–H and O–H groups in total. The van der Waals surface area contributed by atoms with Crippen LogP contribution in [0.3, 0.4) is 0 Å². The van der Waals surface area contributed by atoms with Gasteiger partial charge in [-0.25, -0.2) is 0 Å². The van der Waals surface area contributed by atoms with E-state index in [-0.39, 0.29) is 36.8 Å². The monoisotopic (exact) mass is 672 g/mol. The Kier molecular flexibility index (Phi) is 10.1. The zero-order valence-electron chi connectivity index (χ0n) is 22.4. The smallest absolute Gasteiger partial charge is 0.293 e. The van der Waals surface area contributed by atoms with E-state index in [0.717, 1.165) is 22.9 Å². The van der Waals surface area contributed by atoms with E-state index in [0.29, 0.717) is 43.6 Å². The number of amides is 3. The first-order valence-corrected chi connectivity index (χ1v) is 14.5. The van der Waals surface area contributed by atoms with Crippen LogP contribution >= 0.6 is 34.4 Å². The molecule has 0 bridgehead atoms. The molecule has 0 radical (unpaired) electrons. The van der Waals surface area contributed by atoms with E-state index in [9.17, 15) is 14.4 Å². The molecule has 3 aromatic carbocycles. The lowest BCUT2D eigenvalue weighted by molar-refractivity contribution is -0.123. The van der Waals surface area contributed by atoms with Crippen molar-refractivity contribution in [1.82, 2.24) is 4.90 Å². The number of benzene rings is 3. The molecule has 1 fully saturated rings. The molecule has 3 amide bonds. The molecule has 3 aromatic rings. The predicted octanol–water partition coefficient (Wildman–Crippen LogP) is 6.44. The van der Waals surface area contributed by atoms with Gasteiger partial charge in [0.2, 0.25) is 0 Å². The van der Waals surface area contributed by atoms with E-state index in [2.05, 4.69) is 27.9 Å². The van der Waals surface area contributed by atoms with Crippen LogP contribution < -0.4 is 19.5 Å². The number of aryl methyl sites for hydroxylation is 2. The number of rotatable bonds is 11. The van der Waals surface area contributed by atoms with Crippen molar-refractivity contribution in [2.75, 3.05) is 31.7 Å². The van der Waals surface area contributed by atoms with E-state index in [1.807, 2.05) is 75.4 Å². The number of carbonyl (C=O) groups excluding carboxylic acids is 3. The second-order valence-corrected chi connectivity index (χ2v) is 11.1. The lowest BCUT2D eigenvalue weighted by Gasteiger charge is -2.15. The highest BCUT2D eigenvalue weighted by atomic mass is 127. The topological polar surface area (TPSA) is 94.2 Å². The minimum absolute atomic E-state index is 0.148. The predicted molar refractivity (Wildman–Crippen MR) is 165 cm³/mol. The molecule has 10 heteroatoms. The maximum absolute atomic E-state index is 13.0. The molecular formula is C30H29IN2O6S. The zero-order valence-corrected chi connectivity index (χ0v) is 25.3. The Morgan fingerprint density at radius 2 is 1.77 bits per heavy atom. The Morgan fingerprint density at radius 1 is 1.00 bits per heavy atom. The second kappa shape index (κ2) is 13.7. The van der Waals surface area contributed by atoms with Gasteiger partial charge in [0.25, 0.3) is 17.1 Å². The van der Waals surface area contributed by atoms with Crippen LogP contribution in [0.5, 0.6) is 17.2 Å². The van der Waals surface area contributed by atoms with Gasteiger partial charge in [-0.05, 0) is 109 Å². The minimum atomic E-state index is -0.372. The second-order valence-electron chi connectivity index (χ2n) is 8.96. The van der Waals surface area contributed by atoms with Crippen molar-refractivity contribution in [2.45, 2.75) is 20.8 Å². The molecule has 0 atom stereocenters. The lowest BCUT2D eigenvalue weighted by Crippen LogP contribution is -2.32. The van der Waals surface area contributed by atoms with Gasteiger partial charge in [-0.1, -0.05) is 29.8 Å². The van der Waals surface area contributed by atoms with Crippen LogP contribution in [0.4, 0.5) is 10.5 Å². The molecule has 0 unspecified atom stereocenters. The van der Waals surface area contributed by atoms with E-state index in [1.165, 1.54) is 4.90 Å². The summed E-state index contributed by atoms with van der Waals surface area (Å²) >= 11 is 2.99. The van der Waals surface area contributed by atoms with Gasteiger partial charge < -0.3 is 19.5 Å². The number of nitrogens with zero attached hydrogens (tertiary/aromatic N) is 1. The summed E-state index contributed by atoms with van der Waals surface area (Å²) in [7, 11) is 0. The van der Waals surface area contributed by atoms with Crippen LogP contribution in [0.15, 0.2) is 65.6 Å². The molecular weight excluding hydrogens is 643 g/mol. The van der Waals surface area contributed by atoms with Crippen molar-refractivity contribution in [1.29, 1.82) is 0 Å². The summed E-state index contributed by atoms with van der Waals surface area (Å²) in [5.41, 5.74) is 3.52. The number of imide groups is 1. The third-order valence-corrected chi connectivity index (χ3v) is 7.47. The van der Waals surface area contributed by atoms with Crippen molar-refractivity contribution in [3.8, 4) is 17.2 Å². The van der Waals surface area contributed by atoms with Gasteiger partial charge >= 0.3 is 0 Å². The average Bonchev–Trinajstić information content (AvgIpc) is 3.17. The first-order valence-electron chi connectivity index (χ1n) is 12.6. The zero-order chi connectivity index (χ0) is 28.6. The molecule has 4 rings (SSSR count). The number of hydrogen-bond acceptors (Lipinski definition) is 7. The molecule has 0 saturated carbocycles. The fraction of sp³-hybridized carbons (Fsp3) is 0.233. The van der Waals surface area contributed by atoms with Gasteiger partial charge in [-0.2, -0.15) is 0 Å². The van der Waals surface area contributed by atoms with Crippen molar-refractivity contribution in [3.05, 3.63) is 85.8 Å². The summed E-state index contributed by atoms with van der Waals surface area (Å²) in [4.78, 5) is 39.5. The highest BCUT2D eigenvalue weighted by molar-refractivity contribution is 14.1. The molecule has 208 valence electrons. The normalized spacial score (nSPS) is 14.0. The van der Waals surface area contributed by atoms with Gasteiger partial charge in [0.1, 0.15) is 12.4 Å². The maximum atomic E-state index is 13.0. The number of thioether (sulfide) groups is 1. The van der Waals surface area contributed by atoms with Crippen molar-refractivity contribution in [2.24, 2.45) is 0 Å². The van der Waals surface area contributed by atoms with Gasteiger partial charge in [0, 0.05) is 5.69 Å². The molecule has 0 aliphatic carbocycles. The van der Waals surface area contributed by atoms with Crippen LogP contribution in [0.25, 0.3) is 6.08 Å². The largest absolute Gasteiger partial charge is 0.492 e. The fourth-order valence-electron chi connectivity index (χ4n) is 3.87. The summed E-state index contributed by atoms with van der Waals surface area (Å²) in [6.45, 7) is 6.31. The lowest BCUT2D eigenvalue weighted by atomic mass is 10.2. The number of hydrogen-bond donors (Lipinski definition) is 1. The molecule has 40 heavy (non-hydrogen) atoms. The number of halogens is 1. The number of ether oxygens (including phenoxy) is 3. The van der Waals surface area contributed by atoms with Crippen molar-refractivity contribution >= 4 is 63.2 Å². The maximum Gasteiger partial charge on any atom is 0.293 e. The third kappa shape index (κ3) is 7.79. The van der Waals surface area contributed by atoms with Gasteiger partial charge in [0.05, 0.1) is 21.6 Å².